The quantitative estimate of drug-likeness (QED) is 0.854. The molecular weight excluding hydrogens is 262 g/mol. The van der Waals surface area contributed by atoms with Crippen molar-refractivity contribution in [3.05, 3.63) is 40.7 Å². The van der Waals surface area contributed by atoms with E-state index in [-0.39, 0.29) is 11.2 Å². The van der Waals surface area contributed by atoms with Crippen LogP contribution in [0.1, 0.15) is 50.4 Å². The van der Waals surface area contributed by atoms with Gasteiger partial charge < -0.3 is 0 Å². The fourth-order valence-electron chi connectivity index (χ4n) is 3.70. The van der Waals surface area contributed by atoms with Crippen molar-refractivity contribution in [2.75, 3.05) is 0 Å². The molecule has 3 heteroatoms. The fraction of sp³-hybridized carbons (Fsp3) is 0.500. The summed E-state index contributed by atoms with van der Waals surface area (Å²) < 4.78 is 0. The van der Waals surface area contributed by atoms with Gasteiger partial charge in [-0.15, -0.1) is 0 Å². The molecular formula is C18H21NO2. The highest BCUT2D eigenvalue weighted by atomic mass is 16.1. The van der Waals surface area contributed by atoms with E-state index in [4.69, 9.17) is 0 Å². The third-order valence-electron chi connectivity index (χ3n) is 5.01. The van der Waals surface area contributed by atoms with Crippen molar-refractivity contribution in [3.8, 4) is 0 Å². The highest BCUT2D eigenvalue weighted by molar-refractivity contribution is 6.02. The Hall–Kier alpha value is -1.77. The molecule has 0 N–H and O–H groups in total. The van der Waals surface area contributed by atoms with E-state index in [0.717, 1.165) is 35.4 Å². The topological polar surface area (TPSA) is 47.0 Å². The number of rotatable bonds is 3. The van der Waals surface area contributed by atoms with Crippen LogP contribution in [0.25, 0.3) is 0 Å². The van der Waals surface area contributed by atoms with Gasteiger partial charge in [0.05, 0.1) is 0 Å². The van der Waals surface area contributed by atoms with E-state index in [0.29, 0.717) is 31.5 Å². The van der Waals surface area contributed by atoms with Crippen LogP contribution in [0.15, 0.2) is 29.3 Å². The molecule has 0 radical (unpaired) electrons. The molecule has 0 aromatic carbocycles. The smallest absolute Gasteiger partial charge is 0.158 e. The fourth-order valence-corrected chi connectivity index (χ4v) is 3.70. The Labute approximate surface area is 125 Å². The first-order valence-electron chi connectivity index (χ1n) is 7.72. The summed E-state index contributed by atoms with van der Waals surface area (Å²) in [5.41, 5.74) is 3.70. The summed E-state index contributed by atoms with van der Waals surface area (Å²) in [5.74, 6) is 0.556. The Bertz CT molecular complexity index is 644. The zero-order valence-electron chi connectivity index (χ0n) is 12.7. The van der Waals surface area contributed by atoms with Gasteiger partial charge in [-0.05, 0) is 62.8 Å². The molecule has 2 aliphatic rings. The van der Waals surface area contributed by atoms with Gasteiger partial charge in [-0.1, -0.05) is 6.07 Å². The number of allylic oxidation sites excluding steroid dienone is 2. The van der Waals surface area contributed by atoms with Crippen LogP contribution in [0.3, 0.4) is 0 Å². The second-order valence-electron chi connectivity index (χ2n) is 6.41. The van der Waals surface area contributed by atoms with Crippen LogP contribution < -0.4 is 0 Å². The molecule has 0 spiro atoms. The minimum absolute atomic E-state index is 0.241. The normalized spacial score (nSPS) is 25.4. The maximum atomic E-state index is 12.3. The first-order valence-corrected chi connectivity index (χ1v) is 7.72. The molecule has 0 bridgehead atoms. The molecule has 1 saturated carbocycles. The van der Waals surface area contributed by atoms with Crippen molar-refractivity contribution < 1.29 is 9.59 Å². The number of hydrogen-bond donors (Lipinski definition) is 0. The van der Waals surface area contributed by atoms with Gasteiger partial charge in [0, 0.05) is 29.6 Å². The molecule has 21 heavy (non-hydrogen) atoms. The molecule has 0 amide bonds. The van der Waals surface area contributed by atoms with Gasteiger partial charge >= 0.3 is 0 Å². The van der Waals surface area contributed by atoms with Crippen LogP contribution in [-0.2, 0) is 16.0 Å². The first-order chi connectivity index (χ1) is 10.0. The number of Topliss-reactive ketones (excluding diaryl/α,β-unsaturated/α-hetero) is 2. The van der Waals surface area contributed by atoms with Crippen molar-refractivity contribution in [1.82, 2.24) is 4.98 Å². The van der Waals surface area contributed by atoms with Gasteiger partial charge in [0.2, 0.25) is 0 Å². The second kappa shape index (κ2) is 5.21. The Balaban J connectivity index is 1.86. The van der Waals surface area contributed by atoms with E-state index in [1.54, 1.807) is 0 Å². The predicted molar refractivity (Wildman–Crippen MR) is 80.9 cm³/mol. The van der Waals surface area contributed by atoms with Crippen LogP contribution in [0.5, 0.6) is 0 Å². The van der Waals surface area contributed by atoms with Crippen molar-refractivity contribution in [3.63, 3.8) is 0 Å². The van der Waals surface area contributed by atoms with Crippen LogP contribution in [-0.4, -0.2) is 16.6 Å². The van der Waals surface area contributed by atoms with E-state index < -0.39 is 0 Å². The molecule has 2 aliphatic carbocycles. The summed E-state index contributed by atoms with van der Waals surface area (Å²) in [6.07, 6.45) is 4.08. The third kappa shape index (κ3) is 2.45. The lowest BCUT2D eigenvalue weighted by molar-refractivity contribution is -0.125. The van der Waals surface area contributed by atoms with E-state index in [2.05, 4.69) is 4.98 Å². The molecule has 3 nitrogen and oxygen atoms in total. The van der Waals surface area contributed by atoms with Gasteiger partial charge in [-0.2, -0.15) is 0 Å². The minimum Gasteiger partial charge on any atom is -0.299 e. The average molecular weight is 283 g/mol. The van der Waals surface area contributed by atoms with Crippen LogP contribution >= 0.6 is 0 Å². The Morgan fingerprint density at radius 3 is 2.71 bits per heavy atom. The summed E-state index contributed by atoms with van der Waals surface area (Å²) in [7, 11) is 0. The second-order valence-corrected chi connectivity index (χ2v) is 6.41. The molecule has 3 rings (SSSR count). The molecule has 0 unspecified atom stereocenters. The number of carbonyl (C=O) groups excluding carboxylic acids is 2. The van der Waals surface area contributed by atoms with Crippen LogP contribution in [0.4, 0.5) is 0 Å². The Morgan fingerprint density at radius 2 is 1.95 bits per heavy atom. The SMILES string of the molecule is Cc1cccc(CCC2=C3CCC(=O)[C@@]3(C)CCC2=O)n1. The number of carbonyl (C=O) groups is 2. The lowest BCUT2D eigenvalue weighted by atomic mass is 9.71. The molecule has 1 aromatic heterocycles. The molecule has 1 aromatic rings. The monoisotopic (exact) mass is 283 g/mol. The largest absolute Gasteiger partial charge is 0.299 e. The summed E-state index contributed by atoms with van der Waals surface area (Å²) in [6.45, 7) is 4.00. The molecule has 110 valence electrons. The van der Waals surface area contributed by atoms with E-state index in [1.807, 2.05) is 32.0 Å². The number of hydrogen-bond acceptors (Lipinski definition) is 3. The standard InChI is InChI=1S/C18H21NO2/c1-12-4-3-5-13(19-12)6-7-14-15-8-9-17(21)18(15,2)11-10-16(14)20/h3-5H,6-11H2,1-2H3/t18-/m0/s1. The summed E-state index contributed by atoms with van der Waals surface area (Å²) >= 11 is 0. The third-order valence-corrected chi connectivity index (χ3v) is 5.01. The van der Waals surface area contributed by atoms with Crippen molar-refractivity contribution >= 4 is 11.6 Å². The highest BCUT2D eigenvalue weighted by Crippen LogP contribution is 2.48. The van der Waals surface area contributed by atoms with E-state index >= 15 is 0 Å². The van der Waals surface area contributed by atoms with Gasteiger partial charge in [0.15, 0.2) is 5.78 Å². The lowest BCUT2D eigenvalue weighted by Gasteiger charge is -2.31. The van der Waals surface area contributed by atoms with E-state index in [1.165, 1.54) is 0 Å². The number of fused-ring (bicyclic) bond motifs is 1. The summed E-state index contributed by atoms with van der Waals surface area (Å²) in [6, 6.07) is 5.98. The zero-order chi connectivity index (χ0) is 15.0. The molecule has 1 heterocycles. The Kier molecular flexibility index (Phi) is 3.52. The van der Waals surface area contributed by atoms with Crippen molar-refractivity contribution in [2.45, 2.75) is 52.4 Å². The van der Waals surface area contributed by atoms with Gasteiger partial charge in [0.1, 0.15) is 5.78 Å². The molecule has 1 atom stereocenters. The number of aryl methyl sites for hydroxylation is 2. The molecule has 0 aliphatic heterocycles. The van der Waals surface area contributed by atoms with Crippen LogP contribution in [0, 0.1) is 12.3 Å². The van der Waals surface area contributed by atoms with Gasteiger partial charge in [-0.3, -0.25) is 14.6 Å². The van der Waals surface area contributed by atoms with Gasteiger partial charge in [-0.25, -0.2) is 0 Å². The number of aromatic nitrogens is 1. The predicted octanol–water partition coefficient (Wildman–Crippen LogP) is 3.35. The van der Waals surface area contributed by atoms with Gasteiger partial charge in [0.25, 0.3) is 0 Å². The van der Waals surface area contributed by atoms with Crippen molar-refractivity contribution in [2.24, 2.45) is 5.41 Å². The van der Waals surface area contributed by atoms with E-state index in [9.17, 15) is 9.59 Å². The number of ketones is 2. The average Bonchev–Trinajstić information content (AvgIpc) is 2.75. The number of pyridine rings is 1. The Morgan fingerprint density at radius 1 is 1.14 bits per heavy atom. The number of nitrogens with zero attached hydrogens (tertiary/aromatic N) is 1. The lowest BCUT2D eigenvalue weighted by Crippen LogP contribution is -2.30. The molecule has 0 saturated heterocycles. The first kappa shape index (κ1) is 14.2. The zero-order valence-corrected chi connectivity index (χ0v) is 12.7. The molecule has 1 fully saturated rings. The van der Waals surface area contributed by atoms with Crippen LogP contribution in [0.2, 0.25) is 0 Å². The maximum absolute atomic E-state index is 12.3. The minimum atomic E-state index is -0.358. The maximum Gasteiger partial charge on any atom is 0.158 e. The summed E-state index contributed by atoms with van der Waals surface area (Å²) in [4.78, 5) is 28.9. The summed E-state index contributed by atoms with van der Waals surface area (Å²) in [5, 5.41) is 0. The highest BCUT2D eigenvalue weighted by Gasteiger charge is 2.46. The van der Waals surface area contributed by atoms with Crippen molar-refractivity contribution in [1.29, 1.82) is 0 Å².